The van der Waals surface area contributed by atoms with Gasteiger partial charge in [-0.05, 0) is 57.5 Å². The minimum atomic E-state index is -0.487. The van der Waals surface area contributed by atoms with E-state index in [1.54, 1.807) is 0 Å². The maximum absolute atomic E-state index is 12.3. The molecule has 1 saturated carbocycles. The largest absolute Gasteiger partial charge is 0.368 e. The average Bonchev–Trinajstić information content (AvgIpc) is 3.30. The van der Waals surface area contributed by atoms with Crippen molar-refractivity contribution >= 4 is 5.91 Å². The standard InChI is InChI=1S/C17H33N3O/c1-3-7-15-8-5-6-12-20(15)13-17(16(18)21,14-9-10-14)19-11-4-2/h14-15,19H,3-13H2,1-2H3,(H2,18,21). The Balaban J connectivity index is 2.10. The number of hydrogen-bond donors (Lipinski definition) is 2. The van der Waals surface area contributed by atoms with Gasteiger partial charge in [0.05, 0.1) is 0 Å². The molecule has 3 N–H and O–H groups in total. The summed E-state index contributed by atoms with van der Waals surface area (Å²) in [4.78, 5) is 14.8. The molecule has 2 rings (SSSR count). The topological polar surface area (TPSA) is 58.4 Å². The van der Waals surface area contributed by atoms with Gasteiger partial charge in [0.25, 0.3) is 0 Å². The summed E-state index contributed by atoms with van der Waals surface area (Å²) in [6.07, 6.45) is 9.66. The first-order valence-electron chi connectivity index (χ1n) is 8.93. The van der Waals surface area contributed by atoms with Crippen molar-refractivity contribution in [1.82, 2.24) is 10.2 Å². The third-order valence-corrected chi connectivity index (χ3v) is 5.23. The van der Waals surface area contributed by atoms with E-state index in [0.29, 0.717) is 12.0 Å². The molecule has 0 spiro atoms. The molecule has 122 valence electrons. The number of amides is 1. The molecule has 0 aromatic heterocycles. The number of rotatable bonds is 9. The number of hydrogen-bond acceptors (Lipinski definition) is 3. The first-order valence-corrected chi connectivity index (χ1v) is 8.93. The van der Waals surface area contributed by atoms with E-state index < -0.39 is 5.54 Å². The molecule has 1 saturated heterocycles. The molecular formula is C17H33N3O. The zero-order valence-electron chi connectivity index (χ0n) is 13.9. The number of nitrogens with zero attached hydrogens (tertiary/aromatic N) is 1. The number of nitrogens with one attached hydrogen (secondary N) is 1. The summed E-state index contributed by atoms with van der Waals surface area (Å²) in [5, 5.41) is 3.54. The van der Waals surface area contributed by atoms with Crippen LogP contribution in [0.2, 0.25) is 0 Å². The highest BCUT2D eigenvalue weighted by atomic mass is 16.1. The summed E-state index contributed by atoms with van der Waals surface area (Å²) in [5.41, 5.74) is 5.38. The minimum absolute atomic E-state index is 0.140. The van der Waals surface area contributed by atoms with Gasteiger partial charge in [-0.3, -0.25) is 9.69 Å². The van der Waals surface area contributed by atoms with Gasteiger partial charge in [0.2, 0.25) is 5.91 Å². The van der Waals surface area contributed by atoms with Crippen LogP contribution in [-0.4, -0.2) is 42.0 Å². The lowest BCUT2D eigenvalue weighted by Crippen LogP contribution is -2.64. The van der Waals surface area contributed by atoms with Crippen LogP contribution in [0.3, 0.4) is 0 Å². The highest BCUT2D eigenvalue weighted by Gasteiger charge is 2.50. The second-order valence-electron chi connectivity index (χ2n) is 6.95. The van der Waals surface area contributed by atoms with E-state index in [1.807, 2.05) is 0 Å². The van der Waals surface area contributed by atoms with Crippen LogP contribution in [0.15, 0.2) is 0 Å². The molecule has 21 heavy (non-hydrogen) atoms. The molecule has 0 aromatic rings. The summed E-state index contributed by atoms with van der Waals surface area (Å²) in [6, 6.07) is 0.643. The minimum Gasteiger partial charge on any atom is -0.368 e. The summed E-state index contributed by atoms with van der Waals surface area (Å²) in [5.74, 6) is 0.310. The number of carbonyl (C=O) groups is 1. The molecule has 1 amide bonds. The van der Waals surface area contributed by atoms with Gasteiger partial charge >= 0.3 is 0 Å². The van der Waals surface area contributed by atoms with Crippen LogP contribution in [-0.2, 0) is 4.79 Å². The Kier molecular flexibility index (Phi) is 6.06. The summed E-state index contributed by atoms with van der Waals surface area (Å²) >= 11 is 0. The Labute approximate surface area is 129 Å². The highest BCUT2D eigenvalue weighted by molar-refractivity contribution is 5.86. The summed E-state index contributed by atoms with van der Waals surface area (Å²) in [7, 11) is 0. The van der Waals surface area contributed by atoms with Crippen LogP contribution in [0.4, 0.5) is 0 Å². The molecule has 4 nitrogen and oxygen atoms in total. The van der Waals surface area contributed by atoms with Gasteiger partial charge in [-0.1, -0.05) is 26.7 Å². The van der Waals surface area contributed by atoms with Gasteiger partial charge in [-0.15, -0.1) is 0 Å². The maximum atomic E-state index is 12.3. The zero-order chi connectivity index (χ0) is 15.3. The zero-order valence-corrected chi connectivity index (χ0v) is 13.9. The molecule has 0 radical (unpaired) electrons. The number of primary amides is 1. The molecule has 1 aliphatic heterocycles. The number of carbonyl (C=O) groups excluding carboxylic acids is 1. The molecule has 4 heteroatoms. The second kappa shape index (κ2) is 7.59. The summed E-state index contributed by atoms with van der Waals surface area (Å²) < 4.78 is 0. The third-order valence-electron chi connectivity index (χ3n) is 5.23. The van der Waals surface area contributed by atoms with Crippen LogP contribution >= 0.6 is 0 Å². The fraction of sp³-hybridized carbons (Fsp3) is 0.941. The van der Waals surface area contributed by atoms with Crippen molar-refractivity contribution < 1.29 is 4.79 Å². The maximum Gasteiger partial charge on any atom is 0.239 e. The molecule has 2 unspecified atom stereocenters. The van der Waals surface area contributed by atoms with Gasteiger partial charge in [-0.25, -0.2) is 0 Å². The Morgan fingerprint density at radius 3 is 2.57 bits per heavy atom. The third kappa shape index (κ3) is 3.98. The lowest BCUT2D eigenvalue weighted by atomic mass is 9.88. The van der Waals surface area contributed by atoms with Crippen molar-refractivity contribution in [2.24, 2.45) is 11.7 Å². The van der Waals surface area contributed by atoms with E-state index in [4.69, 9.17) is 5.73 Å². The monoisotopic (exact) mass is 295 g/mol. The van der Waals surface area contributed by atoms with Crippen molar-refractivity contribution in [1.29, 1.82) is 0 Å². The fourth-order valence-corrected chi connectivity index (χ4v) is 3.87. The number of likely N-dealkylation sites (tertiary alicyclic amines) is 1. The second-order valence-corrected chi connectivity index (χ2v) is 6.95. The van der Waals surface area contributed by atoms with Gasteiger partial charge in [0.15, 0.2) is 0 Å². The Bertz CT molecular complexity index is 341. The van der Waals surface area contributed by atoms with Gasteiger partial charge in [0.1, 0.15) is 5.54 Å². The van der Waals surface area contributed by atoms with E-state index in [2.05, 4.69) is 24.1 Å². The van der Waals surface area contributed by atoms with Crippen molar-refractivity contribution in [2.45, 2.75) is 76.8 Å². The predicted octanol–water partition coefficient (Wildman–Crippen LogP) is 2.27. The first-order chi connectivity index (χ1) is 10.1. The number of nitrogens with two attached hydrogens (primary N) is 1. The molecular weight excluding hydrogens is 262 g/mol. The average molecular weight is 295 g/mol. The SMILES string of the molecule is CCCNC(CN1CCCCC1CCC)(C(N)=O)C1CC1. The molecule has 2 aliphatic rings. The molecule has 2 atom stereocenters. The van der Waals surface area contributed by atoms with Gasteiger partial charge in [-0.2, -0.15) is 0 Å². The van der Waals surface area contributed by atoms with Crippen molar-refractivity contribution in [3.05, 3.63) is 0 Å². The highest BCUT2D eigenvalue weighted by Crippen LogP contribution is 2.41. The number of piperidine rings is 1. The lowest BCUT2D eigenvalue weighted by Gasteiger charge is -2.43. The lowest BCUT2D eigenvalue weighted by molar-refractivity contribution is -0.126. The predicted molar refractivity (Wildman–Crippen MR) is 87.1 cm³/mol. The smallest absolute Gasteiger partial charge is 0.239 e. The van der Waals surface area contributed by atoms with Crippen molar-refractivity contribution in [2.75, 3.05) is 19.6 Å². The van der Waals surface area contributed by atoms with Crippen LogP contribution < -0.4 is 11.1 Å². The normalized spacial score (nSPS) is 26.5. The summed E-state index contributed by atoms with van der Waals surface area (Å²) in [6.45, 7) is 7.22. The van der Waals surface area contributed by atoms with E-state index in [0.717, 1.165) is 38.9 Å². The molecule has 0 bridgehead atoms. The Morgan fingerprint density at radius 2 is 2.00 bits per heavy atom. The van der Waals surface area contributed by atoms with E-state index >= 15 is 0 Å². The Hall–Kier alpha value is -0.610. The molecule has 2 fully saturated rings. The van der Waals surface area contributed by atoms with Gasteiger partial charge in [0, 0.05) is 12.6 Å². The van der Waals surface area contributed by atoms with Gasteiger partial charge < -0.3 is 11.1 Å². The van der Waals surface area contributed by atoms with Crippen LogP contribution in [0.5, 0.6) is 0 Å². The Morgan fingerprint density at radius 1 is 1.24 bits per heavy atom. The van der Waals surface area contributed by atoms with Crippen molar-refractivity contribution in [3.8, 4) is 0 Å². The van der Waals surface area contributed by atoms with Crippen LogP contribution in [0.25, 0.3) is 0 Å². The van der Waals surface area contributed by atoms with Crippen molar-refractivity contribution in [3.63, 3.8) is 0 Å². The van der Waals surface area contributed by atoms with E-state index in [1.165, 1.54) is 32.1 Å². The first kappa shape index (κ1) is 16.8. The molecule has 1 heterocycles. The van der Waals surface area contributed by atoms with E-state index in [9.17, 15) is 4.79 Å². The quantitative estimate of drug-likeness (QED) is 0.686. The van der Waals surface area contributed by atoms with E-state index in [-0.39, 0.29) is 5.91 Å². The van der Waals surface area contributed by atoms with Crippen LogP contribution in [0, 0.1) is 5.92 Å². The molecule has 0 aromatic carbocycles. The molecule has 1 aliphatic carbocycles. The van der Waals surface area contributed by atoms with Crippen LogP contribution in [0.1, 0.15) is 65.2 Å². The fourth-order valence-electron chi connectivity index (χ4n) is 3.87.